The van der Waals surface area contributed by atoms with Crippen molar-refractivity contribution in [1.82, 2.24) is 14.8 Å². The second kappa shape index (κ2) is 11.3. The van der Waals surface area contributed by atoms with E-state index in [1.54, 1.807) is 43.3 Å². The van der Waals surface area contributed by atoms with Gasteiger partial charge >= 0.3 is 12.5 Å². The molecule has 1 N–H and O–H groups in total. The monoisotopic (exact) mass is 646 g/mol. The third-order valence-electron chi connectivity index (χ3n) is 6.93. The summed E-state index contributed by atoms with van der Waals surface area (Å²) in [6.45, 7) is 1.55. The number of rotatable bonds is 7. The third kappa shape index (κ3) is 6.68. The maximum absolute atomic E-state index is 13.5. The summed E-state index contributed by atoms with van der Waals surface area (Å²) < 4.78 is 89.5. The lowest BCUT2D eigenvalue weighted by Gasteiger charge is -2.14. The van der Waals surface area contributed by atoms with Gasteiger partial charge in [0.05, 0.1) is 5.69 Å². The molecule has 7 nitrogen and oxygen atoms in total. The van der Waals surface area contributed by atoms with E-state index >= 15 is 0 Å². The molecule has 45 heavy (non-hydrogen) atoms. The molecule has 0 unspecified atom stereocenters. The summed E-state index contributed by atoms with van der Waals surface area (Å²) in [5.41, 5.74) is 1.53. The summed E-state index contributed by atoms with van der Waals surface area (Å²) in [4.78, 5) is 16.8. The molecule has 232 valence electrons. The van der Waals surface area contributed by atoms with E-state index in [0.717, 1.165) is 29.7 Å². The van der Waals surface area contributed by atoms with Gasteiger partial charge in [-0.15, -0.1) is 13.2 Å². The Balaban J connectivity index is 1.48. The Kier molecular flexibility index (Phi) is 7.59. The minimum Gasteiger partial charge on any atom is -0.440 e. The number of alkyl halides is 6. The van der Waals surface area contributed by atoms with Gasteiger partial charge in [-0.05, 0) is 72.5 Å². The summed E-state index contributed by atoms with van der Waals surface area (Å²) in [5, 5.41) is 6.26. The predicted octanol–water partition coefficient (Wildman–Crippen LogP) is 9.09. The molecule has 1 saturated carbocycles. The summed E-state index contributed by atoms with van der Waals surface area (Å²) in [7, 11) is 0. The zero-order valence-corrected chi connectivity index (χ0v) is 23.9. The fourth-order valence-electron chi connectivity index (χ4n) is 4.74. The molecule has 0 bridgehead atoms. The molecule has 0 aliphatic heterocycles. The molecule has 0 spiro atoms. The first-order valence-corrected chi connectivity index (χ1v) is 13.9. The smallest absolute Gasteiger partial charge is 0.440 e. The molecule has 6 rings (SSSR count). The van der Waals surface area contributed by atoms with Crippen molar-refractivity contribution in [2.24, 2.45) is 5.92 Å². The fraction of sp³-hybridized carbons (Fsp3) is 0.194. The molecule has 14 heteroatoms. The van der Waals surface area contributed by atoms with Crippen LogP contribution in [-0.4, -0.2) is 27.0 Å². The summed E-state index contributed by atoms with van der Waals surface area (Å²) in [6, 6.07) is 17.4. The first-order chi connectivity index (χ1) is 21.2. The van der Waals surface area contributed by atoms with Crippen LogP contribution >= 0.6 is 11.6 Å². The molecule has 3 aromatic carbocycles. The fourth-order valence-corrected chi connectivity index (χ4v) is 4.97. The van der Waals surface area contributed by atoms with Crippen LogP contribution in [0.1, 0.15) is 24.4 Å². The number of oxazole rings is 1. The highest BCUT2D eigenvalue weighted by atomic mass is 35.5. The normalized spacial score (nSPS) is 13.6. The number of carbonyl (C=O) groups excluding carboxylic acids is 1. The van der Waals surface area contributed by atoms with E-state index in [1.807, 2.05) is 0 Å². The minimum atomic E-state index is -4.89. The second-order valence-corrected chi connectivity index (χ2v) is 10.7. The molecule has 5 aromatic rings. The number of aromatic nitrogens is 3. The lowest BCUT2D eigenvalue weighted by atomic mass is 9.97. The number of anilines is 1. The second-order valence-electron chi connectivity index (χ2n) is 10.3. The van der Waals surface area contributed by atoms with Crippen molar-refractivity contribution < 1.29 is 40.3 Å². The van der Waals surface area contributed by atoms with Crippen LogP contribution in [0.5, 0.6) is 5.75 Å². The van der Waals surface area contributed by atoms with Gasteiger partial charge in [0.1, 0.15) is 16.6 Å². The molecule has 1 fully saturated rings. The first kappa shape index (κ1) is 30.3. The number of hydrogen-bond acceptors (Lipinski definition) is 5. The van der Waals surface area contributed by atoms with Crippen LogP contribution in [0.3, 0.4) is 0 Å². The molecule has 0 atom stereocenters. The Morgan fingerprint density at radius 3 is 2.29 bits per heavy atom. The number of amides is 1. The number of nitrogens with zero attached hydrogens (tertiary/aromatic N) is 3. The molecular weight excluding hydrogens is 626 g/mol. The summed E-state index contributed by atoms with van der Waals surface area (Å²) in [6.07, 6.45) is -7.99. The van der Waals surface area contributed by atoms with E-state index in [1.165, 1.54) is 18.2 Å². The minimum absolute atomic E-state index is 0.0112. The highest BCUT2D eigenvalue weighted by Crippen LogP contribution is 2.41. The van der Waals surface area contributed by atoms with E-state index in [2.05, 4.69) is 20.1 Å². The number of hydrogen-bond donors (Lipinski definition) is 1. The van der Waals surface area contributed by atoms with Gasteiger partial charge in [0.25, 0.3) is 0 Å². The maximum atomic E-state index is 13.5. The van der Waals surface area contributed by atoms with Gasteiger partial charge < -0.3 is 14.5 Å². The molecular formula is C31H21ClF6N4O3. The van der Waals surface area contributed by atoms with E-state index < -0.39 is 24.0 Å². The number of ether oxygens (including phenoxy) is 1. The Morgan fingerprint density at radius 2 is 1.64 bits per heavy atom. The van der Waals surface area contributed by atoms with Crippen molar-refractivity contribution in [2.45, 2.75) is 32.3 Å². The van der Waals surface area contributed by atoms with Crippen molar-refractivity contribution in [3.8, 4) is 45.1 Å². The first-order valence-electron chi connectivity index (χ1n) is 13.5. The number of benzene rings is 3. The van der Waals surface area contributed by atoms with E-state index in [-0.39, 0.29) is 45.6 Å². The van der Waals surface area contributed by atoms with Gasteiger partial charge in [-0.3, -0.25) is 4.79 Å². The largest absolute Gasteiger partial charge is 0.573 e. The Bertz CT molecular complexity index is 1890. The van der Waals surface area contributed by atoms with Crippen molar-refractivity contribution in [3.63, 3.8) is 0 Å². The average molecular weight is 647 g/mol. The molecule has 1 aliphatic rings. The van der Waals surface area contributed by atoms with E-state index in [0.29, 0.717) is 28.4 Å². The highest BCUT2D eigenvalue weighted by molar-refractivity contribution is 6.30. The standard InChI is InChI=1S/C31H21ClF6N4O3/c1-16-39-27(28(44-16)17-7-10-22(11-8-17)45-31(36,37)38)23-14-20(19-3-2-4-21(13-19)40-29(43)18-5-6-18)9-12-24(23)42-26(32)15-25(41-42)30(33,34)35/h2-4,7-15,18H,5-6H2,1H3,(H,40,43). The van der Waals surface area contributed by atoms with Gasteiger partial charge in [0.15, 0.2) is 17.3 Å². The van der Waals surface area contributed by atoms with E-state index in [9.17, 15) is 31.1 Å². The number of halogens is 7. The van der Waals surface area contributed by atoms with Gasteiger partial charge in [-0.1, -0.05) is 29.8 Å². The topological polar surface area (TPSA) is 82.2 Å². The van der Waals surface area contributed by atoms with Gasteiger partial charge in [0.2, 0.25) is 5.91 Å². The Hall–Kier alpha value is -4.78. The maximum Gasteiger partial charge on any atom is 0.573 e. The third-order valence-corrected chi connectivity index (χ3v) is 7.20. The molecule has 2 aromatic heterocycles. The van der Waals surface area contributed by atoms with Crippen LogP contribution in [0.2, 0.25) is 5.15 Å². The van der Waals surface area contributed by atoms with Crippen molar-refractivity contribution in [1.29, 1.82) is 0 Å². The number of aryl methyl sites for hydroxylation is 1. The van der Waals surface area contributed by atoms with Crippen LogP contribution in [-0.2, 0) is 11.0 Å². The lowest BCUT2D eigenvalue weighted by molar-refractivity contribution is -0.274. The van der Waals surface area contributed by atoms with Gasteiger partial charge in [-0.25, -0.2) is 9.67 Å². The quantitative estimate of drug-likeness (QED) is 0.178. The van der Waals surface area contributed by atoms with Crippen molar-refractivity contribution >= 4 is 23.2 Å². The van der Waals surface area contributed by atoms with Crippen LogP contribution < -0.4 is 10.1 Å². The highest BCUT2D eigenvalue weighted by Gasteiger charge is 2.36. The summed E-state index contributed by atoms with van der Waals surface area (Å²) >= 11 is 6.24. The lowest BCUT2D eigenvalue weighted by Crippen LogP contribution is -2.16. The van der Waals surface area contributed by atoms with Gasteiger partial charge in [-0.2, -0.15) is 18.3 Å². The van der Waals surface area contributed by atoms with Crippen LogP contribution in [0.15, 0.2) is 77.2 Å². The molecule has 2 heterocycles. The number of carbonyl (C=O) groups is 1. The predicted molar refractivity (Wildman–Crippen MR) is 153 cm³/mol. The van der Waals surface area contributed by atoms with Crippen LogP contribution in [0, 0.1) is 12.8 Å². The molecule has 1 aliphatic carbocycles. The molecule has 0 saturated heterocycles. The van der Waals surface area contributed by atoms with Crippen molar-refractivity contribution in [3.05, 3.63) is 89.5 Å². The Labute approximate surface area is 256 Å². The van der Waals surface area contributed by atoms with Crippen LogP contribution in [0.4, 0.5) is 32.0 Å². The average Bonchev–Trinajstić information content (AvgIpc) is 3.65. The molecule has 1 amide bonds. The van der Waals surface area contributed by atoms with E-state index in [4.69, 9.17) is 16.0 Å². The zero-order chi connectivity index (χ0) is 32.1. The molecule has 0 radical (unpaired) electrons. The van der Waals surface area contributed by atoms with Crippen LogP contribution in [0.25, 0.3) is 39.4 Å². The number of nitrogens with one attached hydrogen (secondary N) is 1. The van der Waals surface area contributed by atoms with Crippen molar-refractivity contribution in [2.75, 3.05) is 5.32 Å². The van der Waals surface area contributed by atoms with Gasteiger partial charge in [0, 0.05) is 35.7 Å². The summed E-state index contributed by atoms with van der Waals surface area (Å²) in [5.74, 6) is -0.230. The Morgan fingerprint density at radius 1 is 0.956 bits per heavy atom. The SMILES string of the molecule is Cc1nc(-c2cc(-c3cccc(NC(=O)C4CC4)c3)ccc2-n2nc(C(F)(F)F)cc2Cl)c(-c2ccc(OC(F)(F)F)cc2)o1. The zero-order valence-electron chi connectivity index (χ0n) is 23.1.